The van der Waals surface area contributed by atoms with Crippen LogP contribution in [0.4, 0.5) is 0 Å². The molecule has 0 amide bonds. The molecule has 0 saturated carbocycles. The number of aldehydes is 1. The Morgan fingerprint density at radius 2 is 2.31 bits per heavy atom. The van der Waals surface area contributed by atoms with Gasteiger partial charge in [0.05, 0.1) is 0 Å². The Kier molecular flexibility index (Phi) is 2.14. The molecular formula is C9H6N2OS. The Labute approximate surface area is 79.1 Å². The molecule has 2 heterocycles. The maximum atomic E-state index is 10.7. The summed E-state index contributed by atoms with van der Waals surface area (Å²) < 4.78 is 0. The van der Waals surface area contributed by atoms with Crippen LogP contribution in [0.3, 0.4) is 0 Å². The Hall–Kier alpha value is -1.55. The van der Waals surface area contributed by atoms with Gasteiger partial charge in [-0.2, -0.15) is 0 Å². The second kappa shape index (κ2) is 3.45. The highest BCUT2D eigenvalue weighted by Gasteiger charge is 2.05. The van der Waals surface area contributed by atoms with Crippen LogP contribution in [0, 0.1) is 0 Å². The normalized spacial score (nSPS) is 9.85. The van der Waals surface area contributed by atoms with E-state index in [0.29, 0.717) is 5.56 Å². The van der Waals surface area contributed by atoms with E-state index in [-0.39, 0.29) is 0 Å². The second-order valence-electron chi connectivity index (χ2n) is 2.42. The lowest BCUT2D eigenvalue weighted by molar-refractivity contribution is 0.112. The molecule has 2 aromatic heterocycles. The van der Waals surface area contributed by atoms with Gasteiger partial charge in [-0.15, -0.1) is 11.3 Å². The van der Waals surface area contributed by atoms with Crippen molar-refractivity contribution in [3.63, 3.8) is 0 Å². The highest BCUT2D eigenvalue weighted by molar-refractivity contribution is 7.13. The average molecular weight is 190 g/mol. The van der Waals surface area contributed by atoms with Crippen molar-refractivity contribution in [2.75, 3.05) is 0 Å². The van der Waals surface area contributed by atoms with Crippen molar-refractivity contribution in [1.29, 1.82) is 0 Å². The van der Waals surface area contributed by atoms with Gasteiger partial charge in [0.15, 0.2) is 6.29 Å². The first kappa shape index (κ1) is 8.07. The van der Waals surface area contributed by atoms with E-state index in [1.807, 2.05) is 5.38 Å². The number of carbonyl (C=O) groups is 1. The number of carbonyl (C=O) groups excluding carboxylic acids is 1. The third-order valence-electron chi connectivity index (χ3n) is 1.64. The van der Waals surface area contributed by atoms with Crippen molar-refractivity contribution in [2.45, 2.75) is 0 Å². The molecule has 0 aliphatic carbocycles. The van der Waals surface area contributed by atoms with E-state index < -0.39 is 0 Å². The first-order valence-corrected chi connectivity index (χ1v) is 4.59. The van der Waals surface area contributed by atoms with Crippen LogP contribution in [0.5, 0.6) is 0 Å². The largest absolute Gasteiger partial charge is 0.298 e. The molecule has 0 N–H and O–H groups in total. The van der Waals surface area contributed by atoms with Crippen LogP contribution < -0.4 is 0 Å². The van der Waals surface area contributed by atoms with E-state index in [9.17, 15) is 4.79 Å². The molecule has 3 nitrogen and oxygen atoms in total. The smallest absolute Gasteiger partial charge is 0.152 e. The number of rotatable bonds is 2. The molecule has 64 valence electrons. The Morgan fingerprint density at radius 1 is 1.38 bits per heavy atom. The summed E-state index contributed by atoms with van der Waals surface area (Å²) in [4.78, 5) is 18.7. The number of thiazole rings is 1. The van der Waals surface area contributed by atoms with Gasteiger partial charge in [0.2, 0.25) is 0 Å². The zero-order valence-electron chi connectivity index (χ0n) is 6.68. The highest BCUT2D eigenvalue weighted by Crippen LogP contribution is 2.23. The molecule has 0 bridgehead atoms. The molecule has 2 rings (SSSR count). The van der Waals surface area contributed by atoms with Crippen molar-refractivity contribution < 1.29 is 4.79 Å². The van der Waals surface area contributed by atoms with Gasteiger partial charge in [0.1, 0.15) is 5.01 Å². The van der Waals surface area contributed by atoms with Crippen molar-refractivity contribution >= 4 is 17.6 Å². The van der Waals surface area contributed by atoms with Crippen molar-refractivity contribution in [3.8, 4) is 10.6 Å². The van der Waals surface area contributed by atoms with Crippen LogP contribution in [-0.4, -0.2) is 16.3 Å². The van der Waals surface area contributed by atoms with Gasteiger partial charge in [0.25, 0.3) is 0 Å². The number of hydrogen-bond acceptors (Lipinski definition) is 4. The van der Waals surface area contributed by atoms with Crippen LogP contribution in [-0.2, 0) is 0 Å². The van der Waals surface area contributed by atoms with E-state index in [4.69, 9.17) is 0 Å². The molecule has 0 unspecified atom stereocenters. The van der Waals surface area contributed by atoms with Gasteiger partial charge in [-0.25, -0.2) is 4.98 Å². The molecule has 0 aliphatic rings. The second-order valence-corrected chi connectivity index (χ2v) is 3.31. The van der Waals surface area contributed by atoms with Gasteiger partial charge >= 0.3 is 0 Å². The first-order chi connectivity index (χ1) is 6.42. The van der Waals surface area contributed by atoms with Crippen LogP contribution in [0.25, 0.3) is 10.6 Å². The van der Waals surface area contributed by atoms with E-state index in [1.54, 1.807) is 24.7 Å². The van der Waals surface area contributed by atoms with E-state index in [2.05, 4.69) is 9.97 Å². The maximum absolute atomic E-state index is 10.7. The third kappa shape index (κ3) is 1.48. The average Bonchev–Trinajstić information content (AvgIpc) is 2.70. The summed E-state index contributed by atoms with van der Waals surface area (Å²) in [5.74, 6) is 0. The molecule has 0 aliphatic heterocycles. The van der Waals surface area contributed by atoms with Gasteiger partial charge in [0, 0.05) is 35.1 Å². The fourth-order valence-corrected chi connectivity index (χ4v) is 1.74. The third-order valence-corrected chi connectivity index (χ3v) is 2.45. The van der Waals surface area contributed by atoms with Crippen LogP contribution >= 0.6 is 11.3 Å². The Balaban J connectivity index is 2.57. The standard InChI is InChI=1S/C9H6N2OS/c12-6-7-5-10-2-1-8(7)9-11-3-4-13-9/h1-6H. The molecule has 2 aromatic rings. The molecule has 0 atom stereocenters. The number of pyridine rings is 1. The monoisotopic (exact) mass is 190 g/mol. The summed E-state index contributed by atoms with van der Waals surface area (Å²) in [6, 6.07) is 1.79. The molecule has 0 spiro atoms. The van der Waals surface area contributed by atoms with Gasteiger partial charge < -0.3 is 0 Å². The summed E-state index contributed by atoms with van der Waals surface area (Å²) in [7, 11) is 0. The van der Waals surface area contributed by atoms with E-state index in [1.165, 1.54) is 11.3 Å². The number of nitrogens with zero attached hydrogens (tertiary/aromatic N) is 2. The fourth-order valence-electron chi connectivity index (χ4n) is 1.05. The zero-order chi connectivity index (χ0) is 9.10. The molecule has 13 heavy (non-hydrogen) atoms. The summed E-state index contributed by atoms with van der Waals surface area (Å²) in [6.07, 6.45) is 5.71. The lowest BCUT2D eigenvalue weighted by atomic mass is 10.2. The van der Waals surface area contributed by atoms with Gasteiger partial charge in [-0.1, -0.05) is 0 Å². The van der Waals surface area contributed by atoms with Crippen LogP contribution in [0.2, 0.25) is 0 Å². The van der Waals surface area contributed by atoms with Crippen molar-refractivity contribution in [1.82, 2.24) is 9.97 Å². The summed E-state index contributed by atoms with van der Waals surface area (Å²) in [5.41, 5.74) is 1.43. The predicted octanol–water partition coefficient (Wildman–Crippen LogP) is 2.02. The van der Waals surface area contributed by atoms with Crippen molar-refractivity contribution in [2.24, 2.45) is 0 Å². The minimum absolute atomic E-state index is 0.581. The predicted molar refractivity (Wildman–Crippen MR) is 50.7 cm³/mol. The highest BCUT2D eigenvalue weighted by atomic mass is 32.1. The van der Waals surface area contributed by atoms with Crippen LogP contribution in [0.1, 0.15) is 10.4 Å². The topological polar surface area (TPSA) is 42.9 Å². The molecule has 0 aromatic carbocycles. The Morgan fingerprint density at radius 3 is 3.00 bits per heavy atom. The summed E-state index contributed by atoms with van der Waals surface area (Å²) in [6.45, 7) is 0. The Bertz CT molecular complexity index is 411. The molecule has 0 saturated heterocycles. The van der Waals surface area contributed by atoms with E-state index >= 15 is 0 Å². The lowest BCUT2D eigenvalue weighted by Gasteiger charge is -1.97. The van der Waals surface area contributed by atoms with Gasteiger partial charge in [-0.05, 0) is 6.07 Å². The quantitative estimate of drug-likeness (QED) is 0.680. The summed E-state index contributed by atoms with van der Waals surface area (Å²) in [5, 5.41) is 2.73. The maximum Gasteiger partial charge on any atom is 0.152 e. The molecule has 0 radical (unpaired) electrons. The lowest BCUT2D eigenvalue weighted by Crippen LogP contribution is -1.87. The van der Waals surface area contributed by atoms with Crippen LogP contribution in [0.15, 0.2) is 30.0 Å². The van der Waals surface area contributed by atoms with Gasteiger partial charge in [-0.3, -0.25) is 9.78 Å². The zero-order valence-corrected chi connectivity index (χ0v) is 7.49. The minimum atomic E-state index is 0.581. The molecule has 4 heteroatoms. The molecular weight excluding hydrogens is 184 g/mol. The number of hydrogen-bond donors (Lipinski definition) is 0. The number of aromatic nitrogens is 2. The minimum Gasteiger partial charge on any atom is -0.298 e. The summed E-state index contributed by atoms with van der Waals surface area (Å²) >= 11 is 1.51. The van der Waals surface area contributed by atoms with E-state index in [0.717, 1.165) is 16.9 Å². The first-order valence-electron chi connectivity index (χ1n) is 3.71. The SMILES string of the molecule is O=Cc1cnccc1-c1nccs1. The fraction of sp³-hybridized carbons (Fsp3) is 0. The van der Waals surface area contributed by atoms with Crippen molar-refractivity contribution in [3.05, 3.63) is 35.6 Å². The molecule has 0 fully saturated rings.